The summed E-state index contributed by atoms with van der Waals surface area (Å²) in [6.45, 7) is 6.44. The van der Waals surface area contributed by atoms with Crippen LogP contribution in [0.1, 0.15) is 19.3 Å². The van der Waals surface area contributed by atoms with Crippen LogP contribution >= 0.6 is 0 Å². The Labute approximate surface area is 170 Å². The number of urea groups is 3. The van der Waals surface area contributed by atoms with Crippen molar-refractivity contribution >= 4 is 24.0 Å². The fourth-order valence-electron chi connectivity index (χ4n) is 4.31. The SMILES string of the molecule is O=C1CCCN1CN1CCN(CCCN2CCN(CN3CCNC3=O)C2=O)C1=O. The summed E-state index contributed by atoms with van der Waals surface area (Å²) in [4.78, 5) is 58.9. The van der Waals surface area contributed by atoms with Crippen molar-refractivity contribution in [3.8, 4) is 0 Å². The Bertz CT molecular complexity index is 631. The predicted octanol–water partition coefficient (Wildman–Crippen LogP) is -0.586. The van der Waals surface area contributed by atoms with Crippen molar-refractivity contribution < 1.29 is 19.2 Å². The number of carbonyl (C=O) groups excluding carboxylic acids is 4. The molecule has 11 heteroatoms. The number of nitrogens with one attached hydrogen (secondary N) is 1. The fourth-order valence-corrected chi connectivity index (χ4v) is 4.31. The van der Waals surface area contributed by atoms with E-state index in [-0.39, 0.29) is 24.0 Å². The van der Waals surface area contributed by atoms with Gasteiger partial charge in [-0.1, -0.05) is 0 Å². The van der Waals surface area contributed by atoms with Crippen LogP contribution in [0.5, 0.6) is 0 Å². The lowest BCUT2D eigenvalue weighted by Crippen LogP contribution is -2.42. The Hall–Kier alpha value is -2.72. The van der Waals surface area contributed by atoms with Crippen LogP contribution in [0.3, 0.4) is 0 Å². The largest absolute Gasteiger partial charge is 0.336 e. The van der Waals surface area contributed by atoms with Crippen LogP contribution in [0.2, 0.25) is 0 Å². The molecule has 0 aliphatic carbocycles. The molecule has 0 aromatic rings. The summed E-state index contributed by atoms with van der Waals surface area (Å²) in [5.41, 5.74) is 0. The van der Waals surface area contributed by atoms with E-state index < -0.39 is 0 Å². The van der Waals surface area contributed by atoms with E-state index in [0.29, 0.717) is 78.5 Å². The number of carbonyl (C=O) groups is 4. The van der Waals surface area contributed by atoms with Gasteiger partial charge in [-0.2, -0.15) is 0 Å². The molecule has 7 amide bonds. The molecular weight excluding hydrogens is 378 g/mol. The first-order valence-corrected chi connectivity index (χ1v) is 10.4. The Kier molecular flexibility index (Phi) is 5.63. The Morgan fingerprint density at radius 1 is 0.655 bits per heavy atom. The van der Waals surface area contributed by atoms with E-state index in [4.69, 9.17) is 0 Å². The first-order valence-electron chi connectivity index (χ1n) is 10.4. The highest BCUT2D eigenvalue weighted by Crippen LogP contribution is 2.16. The summed E-state index contributed by atoms with van der Waals surface area (Å²) in [6, 6.07) is -0.199. The standard InChI is InChI=1S/C18H29N7O4/c26-15-3-1-5-22(15)13-24-11-9-20(17(24)28)6-2-7-21-10-12-25(18(21)29)14-23-8-4-19-16(23)27/h1-14H2,(H,19,27). The van der Waals surface area contributed by atoms with Gasteiger partial charge in [-0.15, -0.1) is 0 Å². The van der Waals surface area contributed by atoms with Gasteiger partial charge in [0.1, 0.15) is 0 Å². The van der Waals surface area contributed by atoms with Gasteiger partial charge in [0.05, 0.1) is 13.3 Å². The highest BCUT2D eigenvalue weighted by molar-refractivity contribution is 5.80. The van der Waals surface area contributed by atoms with E-state index in [0.717, 1.165) is 13.0 Å². The second-order valence-electron chi connectivity index (χ2n) is 7.96. The molecule has 0 spiro atoms. The van der Waals surface area contributed by atoms with Crippen LogP contribution < -0.4 is 5.32 Å². The molecule has 11 nitrogen and oxygen atoms in total. The third-order valence-corrected chi connectivity index (χ3v) is 6.02. The summed E-state index contributed by atoms with van der Waals surface area (Å²) >= 11 is 0. The quantitative estimate of drug-likeness (QED) is 0.582. The molecule has 0 aromatic carbocycles. The molecule has 0 bridgehead atoms. The van der Waals surface area contributed by atoms with Crippen LogP contribution in [0, 0.1) is 0 Å². The maximum Gasteiger partial charge on any atom is 0.321 e. The summed E-state index contributed by atoms with van der Waals surface area (Å²) in [7, 11) is 0. The van der Waals surface area contributed by atoms with Gasteiger partial charge in [-0.25, -0.2) is 14.4 Å². The van der Waals surface area contributed by atoms with Crippen LogP contribution in [-0.2, 0) is 4.79 Å². The van der Waals surface area contributed by atoms with Gasteiger partial charge in [0.15, 0.2) is 0 Å². The second kappa shape index (κ2) is 8.34. The molecule has 0 unspecified atom stereocenters. The molecule has 4 fully saturated rings. The van der Waals surface area contributed by atoms with Gasteiger partial charge in [0.2, 0.25) is 5.91 Å². The summed E-state index contributed by atoms with van der Waals surface area (Å²) in [5.74, 6) is 0.125. The zero-order valence-electron chi connectivity index (χ0n) is 16.7. The highest BCUT2D eigenvalue weighted by Gasteiger charge is 2.34. The van der Waals surface area contributed by atoms with E-state index in [2.05, 4.69) is 5.32 Å². The van der Waals surface area contributed by atoms with Gasteiger partial charge in [0.25, 0.3) is 0 Å². The molecule has 0 radical (unpaired) electrons. The third kappa shape index (κ3) is 4.18. The molecule has 0 atom stereocenters. The van der Waals surface area contributed by atoms with E-state index >= 15 is 0 Å². The normalized spacial score (nSPS) is 22.8. The zero-order valence-corrected chi connectivity index (χ0v) is 16.7. The molecule has 4 saturated heterocycles. The predicted molar refractivity (Wildman–Crippen MR) is 103 cm³/mol. The number of hydrogen-bond donors (Lipinski definition) is 1. The van der Waals surface area contributed by atoms with Crippen molar-refractivity contribution in [3.63, 3.8) is 0 Å². The Morgan fingerprint density at radius 3 is 1.76 bits per heavy atom. The minimum atomic E-state index is -0.121. The van der Waals surface area contributed by atoms with Crippen molar-refractivity contribution in [2.75, 3.05) is 72.2 Å². The molecule has 0 aromatic heterocycles. The number of nitrogens with zero attached hydrogens (tertiary/aromatic N) is 6. The number of hydrogen-bond acceptors (Lipinski definition) is 4. The zero-order chi connectivity index (χ0) is 20.4. The van der Waals surface area contributed by atoms with Crippen LogP contribution in [0.25, 0.3) is 0 Å². The van der Waals surface area contributed by atoms with Crippen molar-refractivity contribution in [1.29, 1.82) is 0 Å². The van der Waals surface area contributed by atoms with E-state index in [9.17, 15) is 19.2 Å². The van der Waals surface area contributed by atoms with Gasteiger partial charge < -0.3 is 34.7 Å². The number of amides is 7. The van der Waals surface area contributed by atoms with Crippen molar-refractivity contribution in [2.45, 2.75) is 19.3 Å². The summed E-state index contributed by atoms with van der Waals surface area (Å²) in [6.07, 6.45) is 2.16. The second-order valence-corrected chi connectivity index (χ2v) is 7.96. The third-order valence-electron chi connectivity index (χ3n) is 6.02. The summed E-state index contributed by atoms with van der Waals surface area (Å²) in [5, 5.41) is 2.74. The first kappa shape index (κ1) is 19.6. The summed E-state index contributed by atoms with van der Waals surface area (Å²) < 4.78 is 0. The average Bonchev–Trinajstić information content (AvgIpc) is 3.46. The molecule has 4 heterocycles. The molecular formula is C18H29N7O4. The lowest BCUT2D eigenvalue weighted by Gasteiger charge is -2.25. The smallest absolute Gasteiger partial charge is 0.321 e. The lowest BCUT2D eigenvalue weighted by atomic mass is 10.3. The molecule has 0 saturated carbocycles. The average molecular weight is 407 g/mol. The number of likely N-dealkylation sites (tertiary alicyclic amines) is 1. The van der Waals surface area contributed by atoms with Gasteiger partial charge >= 0.3 is 18.1 Å². The Balaban J connectivity index is 1.17. The Morgan fingerprint density at radius 2 is 1.24 bits per heavy atom. The van der Waals surface area contributed by atoms with E-state index in [1.165, 1.54) is 0 Å². The van der Waals surface area contributed by atoms with Crippen molar-refractivity contribution in [1.82, 2.24) is 34.7 Å². The van der Waals surface area contributed by atoms with Crippen molar-refractivity contribution in [3.05, 3.63) is 0 Å². The maximum atomic E-state index is 12.5. The fraction of sp³-hybridized carbons (Fsp3) is 0.778. The topological polar surface area (TPSA) is 99.8 Å². The molecule has 29 heavy (non-hydrogen) atoms. The highest BCUT2D eigenvalue weighted by atomic mass is 16.2. The molecule has 4 rings (SSSR count). The van der Waals surface area contributed by atoms with Crippen LogP contribution in [0.15, 0.2) is 0 Å². The van der Waals surface area contributed by atoms with E-state index in [1.807, 2.05) is 0 Å². The van der Waals surface area contributed by atoms with Crippen LogP contribution in [0.4, 0.5) is 14.4 Å². The minimum absolute atomic E-state index is 0.0286. The molecule has 4 aliphatic rings. The first-order chi connectivity index (χ1) is 14.0. The van der Waals surface area contributed by atoms with Crippen LogP contribution in [-0.4, -0.2) is 126 Å². The van der Waals surface area contributed by atoms with Gasteiger partial charge in [0, 0.05) is 65.3 Å². The lowest BCUT2D eigenvalue weighted by molar-refractivity contribution is -0.128. The maximum absolute atomic E-state index is 12.5. The van der Waals surface area contributed by atoms with Gasteiger partial charge in [-0.3, -0.25) is 4.79 Å². The van der Waals surface area contributed by atoms with Crippen molar-refractivity contribution in [2.24, 2.45) is 0 Å². The number of rotatable bonds is 8. The minimum Gasteiger partial charge on any atom is -0.336 e. The molecule has 1 N–H and O–H groups in total. The molecule has 4 aliphatic heterocycles. The molecule has 160 valence electrons. The van der Waals surface area contributed by atoms with E-state index in [1.54, 1.807) is 29.4 Å². The van der Waals surface area contributed by atoms with Gasteiger partial charge in [-0.05, 0) is 12.8 Å². The monoisotopic (exact) mass is 407 g/mol.